The quantitative estimate of drug-likeness (QED) is 0.947. The number of para-hydroxylation sites is 1. The van der Waals surface area contributed by atoms with Crippen LogP contribution in [0.2, 0.25) is 0 Å². The van der Waals surface area contributed by atoms with Crippen molar-refractivity contribution < 1.29 is 9.59 Å². The molecule has 1 aliphatic rings. The molecule has 104 valence electrons. The molecule has 0 radical (unpaired) electrons. The minimum atomic E-state index is -0.197. The first-order valence-corrected chi connectivity index (χ1v) is 8.01. The molecule has 7 heteroatoms. The minimum Gasteiger partial charge on any atom is -0.323 e. The maximum Gasteiger partial charge on any atom is 0.282 e. The summed E-state index contributed by atoms with van der Waals surface area (Å²) in [7, 11) is 0. The van der Waals surface area contributed by atoms with E-state index in [2.05, 4.69) is 10.3 Å². The summed E-state index contributed by atoms with van der Waals surface area (Å²) < 4.78 is 1.05. The van der Waals surface area contributed by atoms with Gasteiger partial charge in [-0.3, -0.25) is 9.59 Å². The van der Waals surface area contributed by atoms with Crippen LogP contribution in [-0.4, -0.2) is 39.9 Å². The largest absolute Gasteiger partial charge is 0.323 e. The lowest BCUT2D eigenvalue weighted by Crippen LogP contribution is -2.33. The van der Waals surface area contributed by atoms with Crippen LogP contribution in [0.4, 0.5) is 9.93 Å². The van der Waals surface area contributed by atoms with Crippen LogP contribution < -0.4 is 5.32 Å². The first-order chi connectivity index (χ1) is 9.63. The van der Waals surface area contributed by atoms with E-state index in [-0.39, 0.29) is 17.7 Å². The van der Waals surface area contributed by atoms with E-state index in [9.17, 15) is 9.59 Å². The summed E-state index contributed by atoms with van der Waals surface area (Å²) in [6, 6.07) is 5.95. The molecule has 5 nitrogen and oxygen atoms in total. The third kappa shape index (κ3) is 2.64. The first kappa shape index (κ1) is 13.4. The Morgan fingerprint density at radius 3 is 3.05 bits per heavy atom. The lowest BCUT2D eigenvalue weighted by Gasteiger charge is -2.12. The van der Waals surface area contributed by atoms with E-state index >= 15 is 0 Å². The number of carbonyl (C=O) groups is 2. The maximum atomic E-state index is 11.9. The van der Waals surface area contributed by atoms with E-state index in [0.29, 0.717) is 11.7 Å². The fourth-order valence-electron chi connectivity index (χ4n) is 2.04. The van der Waals surface area contributed by atoms with Crippen LogP contribution in [0.3, 0.4) is 0 Å². The van der Waals surface area contributed by atoms with E-state index in [4.69, 9.17) is 0 Å². The fraction of sp³-hybridized carbons (Fsp3) is 0.308. The van der Waals surface area contributed by atoms with Gasteiger partial charge in [0.25, 0.3) is 5.24 Å². The number of hydrogen-bond acceptors (Lipinski definition) is 5. The topological polar surface area (TPSA) is 62.3 Å². The van der Waals surface area contributed by atoms with Crippen LogP contribution in [0.25, 0.3) is 10.2 Å². The number of nitrogens with one attached hydrogen (secondary N) is 1. The summed E-state index contributed by atoms with van der Waals surface area (Å²) >= 11 is 2.70. The van der Waals surface area contributed by atoms with Gasteiger partial charge < -0.3 is 10.2 Å². The molecule has 0 bridgehead atoms. The number of rotatable bonds is 3. The molecule has 2 heterocycles. The highest BCUT2D eigenvalue weighted by Crippen LogP contribution is 2.27. The van der Waals surface area contributed by atoms with Crippen molar-refractivity contribution in [3.63, 3.8) is 0 Å². The summed E-state index contributed by atoms with van der Waals surface area (Å²) in [5.41, 5.74) is 2.01. The predicted molar refractivity (Wildman–Crippen MR) is 82.4 cm³/mol. The fourth-order valence-corrected chi connectivity index (χ4v) is 3.83. The number of aryl methyl sites for hydroxylation is 1. The molecule has 1 saturated heterocycles. The average molecular weight is 307 g/mol. The normalized spacial score (nSPS) is 15.1. The van der Waals surface area contributed by atoms with Crippen molar-refractivity contribution in [2.75, 3.05) is 24.2 Å². The van der Waals surface area contributed by atoms with Gasteiger partial charge in [0, 0.05) is 12.3 Å². The molecule has 0 atom stereocenters. The standard InChI is InChI=1S/C13H13N3O2S2/c1-8-3-2-4-9-11(8)15-12(20-9)14-10(17)7-16-5-6-19-13(16)18/h2-4H,5-7H2,1H3,(H,14,15,17). The smallest absolute Gasteiger partial charge is 0.282 e. The number of fused-ring (bicyclic) bond motifs is 1. The summed E-state index contributed by atoms with van der Waals surface area (Å²) in [4.78, 5) is 29.3. The molecule has 0 spiro atoms. The SMILES string of the molecule is Cc1cccc2sc(NC(=O)CN3CCSC3=O)nc12. The molecule has 0 aliphatic carbocycles. The average Bonchev–Trinajstić information content (AvgIpc) is 2.97. The second-order valence-electron chi connectivity index (χ2n) is 4.52. The molecular formula is C13H13N3O2S2. The van der Waals surface area contributed by atoms with E-state index in [0.717, 1.165) is 21.5 Å². The van der Waals surface area contributed by atoms with Crippen molar-refractivity contribution in [1.29, 1.82) is 0 Å². The molecule has 2 amide bonds. The number of carbonyl (C=O) groups excluding carboxylic acids is 2. The monoisotopic (exact) mass is 307 g/mol. The van der Waals surface area contributed by atoms with Crippen molar-refractivity contribution in [3.8, 4) is 0 Å². The Balaban J connectivity index is 1.71. The van der Waals surface area contributed by atoms with Crippen molar-refractivity contribution in [2.45, 2.75) is 6.92 Å². The van der Waals surface area contributed by atoms with Gasteiger partial charge in [-0.1, -0.05) is 35.2 Å². The molecule has 0 saturated carbocycles. The van der Waals surface area contributed by atoms with Gasteiger partial charge in [0.05, 0.1) is 10.2 Å². The van der Waals surface area contributed by atoms with Gasteiger partial charge in [-0.15, -0.1) is 0 Å². The second-order valence-corrected chi connectivity index (χ2v) is 6.60. The van der Waals surface area contributed by atoms with E-state index in [1.165, 1.54) is 23.1 Å². The Morgan fingerprint density at radius 2 is 2.35 bits per heavy atom. The van der Waals surface area contributed by atoms with Gasteiger partial charge in [0.2, 0.25) is 5.91 Å². The van der Waals surface area contributed by atoms with Gasteiger partial charge in [0.1, 0.15) is 6.54 Å². The highest BCUT2D eigenvalue weighted by molar-refractivity contribution is 8.13. The molecule has 20 heavy (non-hydrogen) atoms. The Kier molecular flexibility index (Phi) is 3.62. The molecule has 2 aromatic rings. The Labute approximate surface area is 124 Å². The molecule has 1 aliphatic heterocycles. The lowest BCUT2D eigenvalue weighted by molar-refractivity contribution is -0.116. The van der Waals surface area contributed by atoms with Crippen molar-refractivity contribution in [1.82, 2.24) is 9.88 Å². The molecule has 1 aromatic heterocycles. The second kappa shape index (κ2) is 5.41. The van der Waals surface area contributed by atoms with Gasteiger partial charge in [-0.05, 0) is 18.6 Å². The van der Waals surface area contributed by atoms with Crippen LogP contribution in [-0.2, 0) is 4.79 Å². The molecule has 0 unspecified atom stereocenters. The molecule has 1 aromatic carbocycles. The Morgan fingerprint density at radius 1 is 1.50 bits per heavy atom. The number of thiazole rings is 1. The number of anilines is 1. The first-order valence-electron chi connectivity index (χ1n) is 6.21. The van der Waals surface area contributed by atoms with Crippen molar-refractivity contribution >= 4 is 49.6 Å². The van der Waals surface area contributed by atoms with Crippen LogP contribution in [0, 0.1) is 6.92 Å². The van der Waals surface area contributed by atoms with Crippen LogP contribution >= 0.6 is 23.1 Å². The van der Waals surface area contributed by atoms with Gasteiger partial charge in [0.15, 0.2) is 5.13 Å². The zero-order valence-electron chi connectivity index (χ0n) is 10.9. The third-order valence-electron chi connectivity index (χ3n) is 3.05. The molecular weight excluding hydrogens is 294 g/mol. The maximum absolute atomic E-state index is 11.9. The van der Waals surface area contributed by atoms with Gasteiger partial charge in [-0.2, -0.15) is 0 Å². The number of thioether (sulfide) groups is 1. The van der Waals surface area contributed by atoms with E-state index < -0.39 is 0 Å². The number of benzene rings is 1. The Hall–Kier alpha value is -1.60. The van der Waals surface area contributed by atoms with Crippen LogP contribution in [0.5, 0.6) is 0 Å². The number of hydrogen-bond donors (Lipinski definition) is 1. The molecule has 1 N–H and O–H groups in total. The van der Waals surface area contributed by atoms with E-state index in [1.54, 1.807) is 4.90 Å². The van der Waals surface area contributed by atoms with Crippen molar-refractivity contribution in [3.05, 3.63) is 23.8 Å². The van der Waals surface area contributed by atoms with Crippen LogP contribution in [0.1, 0.15) is 5.56 Å². The summed E-state index contributed by atoms with van der Waals surface area (Å²) in [6.07, 6.45) is 0. The minimum absolute atomic E-state index is 0.0275. The summed E-state index contributed by atoms with van der Waals surface area (Å²) in [5, 5.41) is 3.33. The number of amides is 2. The highest BCUT2D eigenvalue weighted by atomic mass is 32.2. The number of aromatic nitrogens is 1. The summed E-state index contributed by atoms with van der Waals surface area (Å²) in [6.45, 7) is 2.73. The number of nitrogens with zero attached hydrogens (tertiary/aromatic N) is 2. The van der Waals surface area contributed by atoms with E-state index in [1.807, 2.05) is 25.1 Å². The summed E-state index contributed by atoms with van der Waals surface area (Å²) in [5.74, 6) is 0.560. The van der Waals surface area contributed by atoms with Gasteiger partial charge in [-0.25, -0.2) is 4.98 Å². The Bertz CT molecular complexity index is 683. The zero-order chi connectivity index (χ0) is 14.1. The van der Waals surface area contributed by atoms with Crippen molar-refractivity contribution in [2.24, 2.45) is 0 Å². The molecule has 3 rings (SSSR count). The molecule has 1 fully saturated rings. The zero-order valence-corrected chi connectivity index (χ0v) is 12.5. The third-order valence-corrected chi connectivity index (χ3v) is 4.87. The van der Waals surface area contributed by atoms with Crippen LogP contribution in [0.15, 0.2) is 18.2 Å². The highest BCUT2D eigenvalue weighted by Gasteiger charge is 2.23. The lowest BCUT2D eigenvalue weighted by atomic mass is 10.2. The van der Waals surface area contributed by atoms with Gasteiger partial charge >= 0.3 is 0 Å². The predicted octanol–water partition coefficient (Wildman–Crippen LogP) is 2.71.